The fraction of sp³-hybridized carbons (Fsp3) is 0.421. The van der Waals surface area contributed by atoms with Gasteiger partial charge in [-0.2, -0.15) is 0 Å². The van der Waals surface area contributed by atoms with E-state index in [0.717, 1.165) is 5.75 Å². The molecule has 7 heteroatoms. The summed E-state index contributed by atoms with van der Waals surface area (Å²) in [4.78, 5) is 22.8. The van der Waals surface area contributed by atoms with Gasteiger partial charge in [-0.05, 0) is 25.1 Å². The topological polar surface area (TPSA) is 73.8 Å². The predicted molar refractivity (Wildman–Crippen MR) is 95.2 cm³/mol. The van der Waals surface area contributed by atoms with Crippen LogP contribution in [-0.4, -0.2) is 66.4 Å². The third-order valence-electron chi connectivity index (χ3n) is 4.31. The molecule has 1 aliphatic rings. The van der Waals surface area contributed by atoms with E-state index in [9.17, 15) is 4.79 Å². The number of rotatable bonds is 5. The van der Waals surface area contributed by atoms with Crippen LogP contribution in [0, 0.1) is 6.92 Å². The van der Waals surface area contributed by atoms with E-state index in [4.69, 9.17) is 14.2 Å². The van der Waals surface area contributed by atoms with E-state index in [-0.39, 0.29) is 12.5 Å². The zero-order valence-electron chi connectivity index (χ0n) is 15.1. The SMILES string of the molecule is CO[C@]1(COc2ccccc2)COCCN(C(=O)c2ccnc(C)n2)C1. The quantitative estimate of drug-likeness (QED) is 0.811. The second-order valence-corrected chi connectivity index (χ2v) is 6.26. The van der Waals surface area contributed by atoms with Gasteiger partial charge in [-0.3, -0.25) is 4.79 Å². The number of carbonyl (C=O) groups excluding carboxylic acids is 1. The van der Waals surface area contributed by atoms with Crippen LogP contribution in [0.3, 0.4) is 0 Å². The van der Waals surface area contributed by atoms with Crippen LogP contribution < -0.4 is 4.74 Å². The van der Waals surface area contributed by atoms with Gasteiger partial charge in [0.1, 0.15) is 29.5 Å². The van der Waals surface area contributed by atoms with Crippen molar-refractivity contribution < 1.29 is 19.0 Å². The van der Waals surface area contributed by atoms with E-state index in [1.807, 2.05) is 30.3 Å². The number of para-hydroxylation sites is 1. The fourth-order valence-corrected chi connectivity index (χ4v) is 2.82. The molecule has 0 N–H and O–H groups in total. The molecule has 1 atom stereocenters. The number of benzene rings is 1. The molecule has 2 heterocycles. The molecule has 0 bridgehead atoms. The molecule has 1 amide bonds. The first-order valence-corrected chi connectivity index (χ1v) is 8.52. The minimum absolute atomic E-state index is 0.165. The Balaban J connectivity index is 1.74. The van der Waals surface area contributed by atoms with E-state index < -0.39 is 5.60 Å². The van der Waals surface area contributed by atoms with Gasteiger partial charge in [0.25, 0.3) is 5.91 Å². The average Bonchev–Trinajstić information content (AvgIpc) is 2.90. The Kier molecular flexibility index (Phi) is 5.80. The Hall–Kier alpha value is -2.51. The van der Waals surface area contributed by atoms with Crippen LogP contribution >= 0.6 is 0 Å². The summed E-state index contributed by atoms with van der Waals surface area (Å²) in [5.41, 5.74) is -0.377. The standard InChI is InChI=1S/C19H23N3O4/c1-15-20-9-8-17(21-15)18(23)22-10-11-25-13-19(12-22,24-2)14-26-16-6-4-3-5-7-16/h3-9H,10-14H2,1-2H3/t19-/m0/s1. The molecule has 0 saturated carbocycles. The molecule has 0 aliphatic carbocycles. The molecule has 26 heavy (non-hydrogen) atoms. The molecule has 1 aromatic carbocycles. The monoisotopic (exact) mass is 357 g/mol. The van der Waals surface area contributed by atoms with Gasteiger partial charge < -0.3 is 19.1 Å². The van der Waals surface area contributed by atoms with Gasteiger partial charge in [-0.1, -0.05) is 18.2 Å². The molecule has 1 aliphatic heterocycles. The molecule has 2 aromatic rings. The number of ether oxygens (including phenoxy) is 3. The van der Waals surface area contributed by atoms with E-state index >= 15 is 0 Å². The van der Waals surface area contributed by atoms with Gasteiger partial charge in [-0.25, -0.2) is 9.97 Å². The molecular formula is C19H23N3O4. The average molecular weight is 357 g/mol. The van der Waals surface area contributed by atoms with Gasteiger partial charge in [0.15, 0.2) is 0 Å². The molecule has 0 spiro atoms. The van der Waals surface area contributed by atoms with Crippen LogP contribution in [0.25, 0.3) is 0 Å². The number of amides is 1. The Bertz CT molecular complexity index is 741. The predicted octanol–water partition coefficient (Wildman–Crippen LogP) is 1.72. The number of aromatic nitrogens is 2. The third kappa shape index (κ3) is 4.36. The molecule has 3 rings (SSSR count). The first-order valence-electron chi connectivity index (χ1n) is 8.52. The van der Waals surface area contributed by atoms with Crippen molar-refractivity contribution in [1.82, 2.24) is 14.9 Å². The summed E-state index contributed by atoms with van der Waals surface area (Å²) in [5, 5.41) is 0. The van der Waals surface area contributed by atoms with Crippen molar-refractivity contribution in [2.45, 2.75) is 12.5 Å². The summed E-state index contributed by atoms with van der Waals surface area (Å²) in [6.07, 6.45) is 1.59. The van der Waals surface area contributed by atoms with Crippen molar-refractivity contribution in [2.75, 3.05) is 40.0 Å². The zero-order chi connectivity index (χ0) is 18.4. The molecule has 1 aromatic heterocycles. The molecule has 1 fully saturated rings. The van der Waals surface area contributed by atoms with Gasteiger partial charge >= 0.3 is 0 Å². The van der Waals surface area contributed by atoms with E-state index in [1.165, 1.54) is 0 Å². The summed E-state index contributed by atoms with van der Waals surface area (Å²) in [6, 6.07) is 11.1. The first kappa shape index (κ1) is 18.3. The van der Waals surface area contributed by atoms with E-state index in [0.29, 0.717) is 37.8 Å². The lowest BCUT2D eigenvalue weighted by molar-refractivity contribution is -0.0899. The van der Waals surface area contributed by atoms with Crippen LogP contribution in [0.5, 0.6) is 5.75 Å². The van der Waals surface area contributed by atoms with Crippen LogP contribution in [0.2, 0.25) is 0 Å². The van der Waals surface area contributed by atoms with Crippen LogP contribution in [0.4, 0.5) is 0 Å². The molecule has 7 nitrogen and oxygen atoms in total. The third-order valence-corrected chi connectivity index (χ3v) is 4.31. The molecule has 0 radical (unpaired) electrons. The Morgan fingerprint density at radius 2 is 2.12 bits per heavy atom. The number of nitrogens with zero attached hydrogens (tertiary/aromatic N) is 3. The van der Waals surface area contributed by atoms with Gasteiger partial charge in [0.05, 0.1) is 19.8 Å². The van der Waals surface area contributed by atoms with Gasteiger partial charge in [0.2, 0.25) is 0 Å². The lowest BCUT2D eigenvalue weighted by atomic mass is 10.1. The molecule has 1 saturated heterocycles. The lowest BCUT2D eigenvalue weighted by Gasteiger charge is -2.33. The van der Waals surface area contributed by atoms with Crippen molar-refractivity contribution in [1.29, 1.82) is 0 Å². The highest BCUT2D eigenvalue weighted by Crippen LogP contribution is 2.20. The van der Waals surface area contributed by atoms with Gasteiger partial charge in [0, 0.05) is 19.9 Å². The molecule has 0 unspecified atom stereocenters. The van der Waals surface area contributed by atoms with Crippen LogP contribution in [0.15, 0.2) is 42.6 Å². The molecule has 138 valence electrons. The van der Waals surface area contributed by atoms with Crippen molar-refractivity contribution in [3.8, 4) is 5.75 Å². The largest absolute Gasteiger partial charge is 0.490 e. The highest BCUT2D eigenvalue weighted by atomic mass is 16.6. The summed E-state index contributed by atoms with van der Waals surface area (Å²) in [7, 11) is 1.61. The van der Waals surface area contributed by atoms with Crippen LogP contribution in [-0.2, 0) is 9.47 Å². The maximum Gasteiger partial charge on any atom is 0.272 e. The fourth-order valence-electron chi connectivity index (χ4n) is 2.82. The maximum absolute atomic E-state index is 12.9. The highest BCUT2D eigenvalue weighted by molar-refractivity contribution is 5.92. The van der Waals surface area contributed by atoms with E-state index in [1.54, 1.807) is 31.2 Å². The lowest BCUT2D eigenvalue weighted by Crippen LogP contribution is -2.51. The number of aryl methyl sites for hydroxylation is 1. The minimum atomic E-state index is -0.746. The van der Waals surface area contributed by atoms with Crippen LogP contribution in [0.1, 0.15) is 16.3 Å². The van der Waals surface area contributed by atoms with Crippen molar-refractivity contribution in [3.63, 3.8) is 0 Å². The summed E-state index contributed by atoms with van der Waals surface area (Å²) < 4.78 is 17.3. The number of methoxy groups -OCH3 is 1. The number of carbonyl (C=O) groups is 1. The van der Waals surface area contributed by atoms with Crippen molar-refractivity contribution >= 4 is 5.91 Å². The highest BCUT2D eigenvalue weighted by Gasteiger charge is 2.38. The minimum Gasteiger partial charge on any atom is -0.490 e. The first-order chi connectivity index (χ1) is 12.6. The Labute approximate surface area is 152 Å². The normalized spacial score (nSPS) is 20.5. The van der Waals surface area contributed by atoms with E-state index in [2.05, 4.69) is 9.97 Å². The second kappa shape index (κ2) is 8.25. The zero-order valence-corrected chi connectivity index (χ0v) is 15.1. The maximum atomic E-state index is 12.9. The summed E-state index contributed by atoms with van der Waals surface area (Å²) >= 11 is 0. The van der Waals surface area contributed by atoms with Crippen molar-refractivity contribution in [2.24, 2.45) is 0 Å². The Morgan fingerprint density at radius 3 is 2.85 bits per heavy atom. The van der Waals surface area contributed by atoms with Crippen molar-refractivity contribution in [3.05, 3.63) is 54.1 Å². The summed E-state index contributed by atoms with van der Waals surface area (Å²) in [6.45, 7) is 3.65. The Morgan fingerprint density at radius 1 is 1.31 bits per heavy atom. The summed E-state index contributed by atoms with van der Waals surface area (Å²) in [5.74, 6) is 1.15. The molecular weight excluding hydrogens is 334 g/mol. The second-order valence-electron chi connectivity index (χ2n) is 6.26. The number of hydrogen-bond donors (Lipinski definition) is 0. The smallest absolute Gasteiger partial charge is 0.272 e. The number of hydrogen-bond acceptors (Lipinski definition) is 6. The van der Waals surface area contributed by atoms with Gasteiger partial charge in [-0.15, -0.1) is 0 Å².